The Bertz CT molecular complexity index is 304. The van der Waals surface area contributed by atoms with Crippen molar-refractivity contribution < 1.29 is 14.7 Å². The van der Waals surface area contributed by atoms with E-state index < -0.39 is 11.9 Å². The Labute approximate surface area is 108 Å². The summed E-state index contributed by atoms with van der Waals surface area (Å²) in [5.41, 5.74) is -0.0529. The van der Waals surface area contributed by atoms with E-state index in [0.717, 1.165) is 13.0 Å². The maximum Gasteiger partial charge on any atom is 0.308 e. The van der Waals surface area contributed by atoms with Gasteiger partial charge in [0.25, 0.3) is 0 Å². The predicted molar refractivity (Wildman–Crippen MR) is 69.2 cm³/mol. The van der Waals surface area contributed by atoms with Gasteiger partial charge in [0.2, 0.25) is 5.91 Å². The fraction of sp³-hybridized carbons (Fsp3) is 0.846. The first-order chi connectivity index (χ1) is 8.29. The smallest absolute Gasteiger partial charge is 0.308 e. The quantitative estimate of drug-likeness (QED) is 0.681. The summed E-state index contributed by atoms with van der Waals surface area (Å²) in [7, 11) is 0. The van der Waals surface area contributed by atoms with Crippen molar-refractivity contribution in [2.45, 2.75) is 33.6 Å². The average molecular weight is 256 g/mol. The summed E-state index contributed by atoms with van der Waals surface area (Å²) in [5, 5.41) is 15.0. The van der Waals surface area contributed by atoms with E-state index in [0.29, 0.717) is 13.0 Å². The maximum atomic E-state index is 11.8. The first-order valence-corrected chi connectivity index (χ1v) is 6.51. The number of carbonyl (C=O) groups is 2. The molecule has 0 radical (unpaired) electrons. The summed E-state index contributed by atoms with van der Waals surface area (Å²) in [6.07, 6.45) is 1.40. The summed E-state index contributed by atoms with van der Waals surface area (Å²) in [5.74, 6) is -1.38. The number of hydrogen-bond acceptors (Lipinski definition) is 3. The molecular weight excluding hydrogens is 232 g/mol. The molecule has 0 bridgehead atoms. The Morgan fingerprint density at radius 2 is 2.11 bits per heavy atom. The zero-order chi connectivity index (χ0) is 13.8. The molecule has 1 saturated heterocycles. The number of rotatable bonds is 5. The van der Waals surface area contributed by atoms with Crippen LogP contribution in [0.1, 0.15) is 33.6 Å². The molecule has 0 saturated carbocycles. The third-order valence-corrected chi connectivity index (χ3v) is 3.16. The molecule has 1 aliphatic rings. The fourth-order valence-electron chi connectivity index (χ4n) is 2.23. The number of carboxylic acid groups (broad SMARTS) is 1. The van der Waals surface area contributed by atoms with Crippen molar-refractivity contribution >= 4 is 11.9 Å². The van der Waals surface area contributed by atoms with Crippen molar-refractivity contribution in [2.24, 2.45) is 17.3 Å². The number of amides is 1. The molecule has 1 amide bonds. The van der Waals surface area contributed by atoms with Crippen LogP contribution in [0.15, 0.2) is 0 Å². The van der Waals surface area contributed by atoms with E-state index >= 15 is 0 Å². The highest BCUT2D eigenvalue weighted by Crippen LogP contribution is 2.24. The number of aliphatic carboxylic acids is 1. The van der Waals surface area contributed by atoms with Crippen LogP contribution in [0.3, 0.4) is 0 Å². The normalized spacial score (nSPS) is 21.6. The van der Waals surface area contributed by atoms with Gasteiger partial charge in [-0.1, -0.05) is 20.8 Å². The Hall–Kier alpha value is -1.10. The predicted octanol–water partition coefficient (Wildman–Crippen LogP) is 0.849. The SMILES string of the molecule is CC(C)(C)CC(CNC(=O)C1CCNC1)C(=O)O. The van der Waals surface area contributed by atoms with Gasteiger partial charge < -0.3 is 15.7 Å². The Morgan fingerprint density at radius 1 is 1.44 bits per heavy atom. The first-order valence-electron chi connectivity index (χ1n) is 6.51. The second kappa shape index (κ2) is 6.18. The summed E-state index contributed by atoms with van der Waals surface area (Å²) >= 11 is 0. The molecule has 1 heterocycles. The van der Waals surface area contributed by atoms with E-state index in [1.165, 1.54) is 0 Å². The van der Waals surface area contributed by atoms with E-state index in [1.54, 1.807) is 0 Å². The van der Waals surface area contributed by atoms with Crippen LogP contribution in [0, 0.1) is 17.3 Å². The van der Waals surface area contributed by atoms with Crippen molar-refractivity contribution in [1.29, 1.82) is 0 Å². The van der Waals surface area contributed by atoms with Gasteiger partial charge in [-0.3, -0.25) is 9.59 Å². The van der Waals surface area contributed by atoms with E-state index in [2.05, 4.69) is 10.6 Å². The van der Waals surface area contributed by atoms with Crippen LogP contribution in [0.2, 0.25) is 0 Å². The lowest BCUT2D eigenvalue weighted by Crippen LogP contribution is -2.38. The molecule has 104 valence electrons. The monoisotopic (exact) mass is 256 g/mol. The molecule has 5 nitrogen and oxygen atoms in total. The van der Waals surface area contributed by atoms with Crippen LogP contribution in [0.5, 0.6) is 0 Å². The van der Waals surface area contributed by atoms with Gasteiger partial charge in [0.15, 0.2) is 0 Å². The summed E-state index contributed by atoms with van der Waals surface area (Å²) in [6.45, 7) is 7.80. The number of hydrogen-bond donors (Lipinski definition) is 3. The van der Waals surface area contributed by atoms with Crippen molar-refractivity contribution in [1.82, 2.24) is 10.6 Å². The minimum Gasteiger partial charge on any atom is -0.481 e. The Morgan fingerprint density at radius 3 is 2.56 bits per heavy atom. The van der Waals surface area contributed by atoms with Gasteiger partial charge in [0, 0.05) is 13.1 Å². The fourth-order valence-corrected chi connectivity index (χ4v) is 2.23. The van der Waals surface area contributed by atoms with Crippen molar-refractivity contribution in [2.75, 3.05) is 19.6 Å². The van der Waals surface area contributed by atoms with E-state index in [-0.39, 0.29) is 23.8 Å². The number of nitrogens with one attached hydrogen (secondary N) is 2. The molecule has 0 spiro atoms. The van der Waals surface area contributed by atoms with Crippen molar-refractivity contribution in [3.63, 3.8) is 0 Å². The van der Waals surface area contributed by atoms with Crippen LogP contribution in [-0.4, -0.2) is 36.6 Å². The second-order valence-electron chi connectivity index (χ2n) is 6.23. The Balaban J connectivity index is 2.42. The highest BCUT2D eigenvalue weighted by molar-refractivity contribution is 5.80. The summed E-state index contributed by atoms with van der Waals surface area (Å²) in [4.78, 5) is 22.9. The van der Waals surface area contributed by atoms with Gasteiger partial charge in [0.05, 0.1) is 11.8 Å². The minimum absolute atomic E-state index is 0.00548. The van der Waals surface area contributed by atoms with Crippen LogP contribution in [0.25, 0.3) is 0 Å². The number of carboxylic acids is 1. The maximum absolute atomic E-state index is 11.8. The van der Waals surface area contributed by atoms with Crippen molar-refractivity contribution in [3.8, 4) is 0 Å². The lowest BCUT2D eigenvalue weighted by Gasteiger charge is -2.23. The lowest BCUT2D eigenvalue weighted by molar-refractivity contribution is -0.142. The molecule has 0 aromatic carbocycles. The molecule has 0 aromatic heterocycles. The van der Waals surface area contributed by atoms with Crippen LogP contribution in [0.4, 0.5) is 0 Å². The Kier molecular flexibility index (Phi) is 5.14. The molecule has 18 heavy (non-hydrogen) atoms. The molecule has 1 rings (SSSR count). The number of carbonyl (C=O) groups excluding carboxylic acids is 1. The standard InChI is InChI=1S/C13H24N2O3/c1-13(2,3)6-10(12(17)18)8-15-11(16)9-4-5-14-7-9/h9-10,14H,4-8H2,1-3H3,(H,15,16)(H,17,18). The van der Waals surface area contributed by atoms with Gasteiger partial charge in [-0.25, -0.2) is 0 Å². The van der Waals surface area contributed by atoms with Gasteiger partial charge in [-0.2, -0.15) is 0 Å². The van der Waals surface area contributed by atoms with Gasteiger partial charge in [-0.15, -0.1) is 0 Å². The van der Waals surface area contributed by atoms with Crippen LogP contribution in [-0.2, 0) is 9.59 Å². The van der Waals surface area contributed by atoms with E-state index in [1.807, 2.05) is 20.8 Å². The van der Waals surface area contributed by atoms with E-state index in [9.17, 15) is 9.59 Å². The third-order valence-electron chi connectivity index (χ3n) is 3.16. The zero-order valence-corrected chi connectivity index (χ0v) is 11.5. The molecule has 2 atom stereocenters. The van der Waals surface area contributed by atoms with Gasteiger partial charge >= 0.3 is 5.97 Å². The van der Waals surface area contributed by atoms with Crippen LogP contribution < -0.4 is 10.6 Å². The first kappa shape index (κ1) is 15.0. The summed E-state index contributed by atoms with van der Waals surface area (Å²) in [6, 6.07) is 0. The molecule has 5 heteroatoms. The van der Waals surface area contributed by atoms with E-state index in [4.69, 9.17) is 5.11 Å². The zero-order valence-electron chi connectivity index (χ0n) is 11.5. The molecular formula is C13H24N2O3. The van der Waals surface area contributed by atoms with Gasteiger partial charge in [-0.05, 0) is 24.8 Å². The van der Waals surface area contributed by atoms with Crippen LogP contribution >= 0.6 is 0 Å². The highest BCUT2D eigenvalue weighted by atomic mass is 16.4. The highest BCUT2D eigenvalue weighted by Gasteiger charge is 2.27. The molecule has 1 aliphatic heterocycles. The molecule has 2 unspecified atom stereocenters. The molecule has 0 aromatic rings. The molecule has 0 aliphatic carbocycles. The second-order valence-corrected chi connectivity index (χ2v) is 6.23. The lowest BCUT2D eigenvalue weighted by atomic mass is 9.84. The summed E-state index contributed by atoms with van der Waals surface area (Å²) < 4.78 is 0. The minimum atomic E-state index is -0.838. The molecule has 3 N–H and O–H groups in total. The molecule has 1 fully saturated rings. The average Bonchev–Trinajstić information content (AvgIpc) is 2.75. The third kappa shape index (κ3) is 5.04. The van der Waals surface area contributed by atoms with Crippen molar-refractivity contribution in [3.05, 3.63) is 0 Å². The van der Waals surface area contributed by atoms with Gasteiger partial charge in [0.1, 0.15) is 0 Å². The topological polar surface area (TPSA) is 78.4 Å². The largest absolute Gasteiger partial charge is 0.481 e.